The zero-order valence-electron chi connectivity index (χ0n) is 18.2. The smallest absolute Gasteiger partial charge is 0.282 e. The van der Waals surface area contributed by atoms with Crippen molar-refractivity contribution < 1.29 is 21.6 Å². The van der Waals surface area contributed by atoms with Crippen LogP contribution in [0.15, 0.2) is 58.2 Å². The van der Waals surface area contributed by atoms with Gasteiger partial charge >= 0.3 is 6.18 Å². The molecule has 1 saturated carbocycles. The second-order valence-electron chi connectivity index (χ2n) is 8.73. The Morgan fingerprint density at radius 3 is 2.26 bits per heavy atom. The molecule has 0 bridgehead atoms. The van der Waals surface area contributed by atoms with E-state index in [2.05, 4.69) is 5.10 Å². The maximum absolute atomic E-state index is 13.4. The van der Waals surface area contributed by atoms with Crippen molar-refractivity contribution in [3.8, 4) is 0 Å². The van der Waals surface area contributed by atoms with Crippen LogP contribution in [0.1, 0.15) is 30.0 Å². The van der Waals surface area contributed by atoms with Gasteiger partial charge in [0.25, 0.3) is 5.56 Å². The molecular weight excluding hydrogens is 469 g/mol. The highest BCUT2D eigenvalue weighted by Gasteiger charge is 2.38. The lowest BCUT2D eigenvalue weighted by Crippen LogP contribution is -2.50. The number of aromatic nitrogens is 2. The summed E-state index contributed by atoms with van der Waals surface area (Å²) >= 11 is 0. The number of piperazine rings is 1. The lowest BCUT2D eigenvalue weighted by atomic mass is 10.1. The lowest BCUT2D eigenvalue weighted by molar-refractivity contribution is -0.139. The summed E-state index contributed by atoms with van der Waals surface area (Å²) in [5.41, 5.74) is -2.10. The van der Waals surface area contributed by atoms with E-state index < -0.39 is 27.3 Å². The molecule has 2 heterocycles. The molecule has 0 amide bonds. The van der Waals surface area contributed by atoms with Gasteiger partial charge in [0, 0.05) is 32.1 Å². The molecule has 0 radical (unpaired) electrons. The maximum atomic E-state index is 13.4. The largest absolute Gasteiger partial charge is 0.421 e. The molecule has 5 rings (SSSR count). The van der Waals surface area contributed by atoms with E-state index in [4.69, 9.17) is 0 Å². The van der Waals surface area contributed by atoms with Crippen LogP contribution in [0.2, 0.25) is 0 Å². The number of fused-ring (bicyclic) bond motifs is 1. The first-order chi connectivity index (χ1) is 16.1. The number of rotatable bonds is 5. The van der Waals surface area contributed by atoms with Crippen LogP contribution in [-0.4, -0.2) is 53.6 Å². The Kier molecular flexibility index (Phi) is 5.73. The minimum absolute atomic E-state index is 0.0445. The molecular formula is C23H23F3N4O3S. The summed E-state index contributed by atoms with van der Waals surface area (Å²) in [4.78, 5) is 14.4. The molecule has 1 aromatic heterocycles. The van der Waals surface area contributed by atoms with Gasteiger partial charge in [-0.3, -0.25) is 9.69 Å². The highest BCUT2D eigenvalue weighted by atomic mass is 32.2. The van der Waals surface area contributed by atoms with Crippen molar-refractivity contribution in [2.45, 2.75) is 36.5 Å². The first-order valence-electron chi connectivity index (χ1n) is 11.0. The van der Waals surface area contributed by atoms with E-state index in [0.29, 0.717) is 0 Å². The van der Waals surface area contributed by atoms with E-state index in [1.165, 1.54) is 4.31 Å². The van der Waals surface area contributed by atoms with E-state index in [1.807, 2.05) is 24.3 Å². The zero-order valence-corrected chi connectivity index (χ0v) is 19.0. The van der Waals surface area contributed by atoms with Crippen LogP contribution in [0, 0.1) is 0 Å². The van der Waals surface area contributed by atoms with Crippen LogP contribution >= 0.6 is 0 Å². The molecule has 11 heteroatoms. The third kappa shape index (κ3) is 4.47. The van der Waals surface area contributed by atoms with Crippen molar-refractivity contribution in [3.05, 3.63) is 70.1 Å². The van der Waals surface area contributed by atoms with E-state index in [9.17, 15) is 26.4 Å². The molecule has 2 fully saturated rings. The topological polar surface area (TPSA) is 75.5 Å². The van der Waals surface area contributed by atoms with E-state index >= 15 is 0 Å². The predicted molar refractivity (Wildman–Crippen MR) is 120 cm³/mol. The van der Waals surface area contributed by atoms with Crippen molar-refractivity contribution in [2.24, 2.45) is 0 Å². The van der Waals surface area contributed by atoms with Crippen molar-refractivity contribution in [2.75, 3.05) is 26.2 Å². The maximum Gasteiger partial charge on any atom is 0.421 e. The van der Waals surface area contributed by atoms with Gasteiger partial charge in [0.15, 0.2) is 0 Å². The second-order valence-corrected chi connectivity index (χ2v) is 10.7. The summed E-state index contributed by atoms with van der Waals surface area (Å²) in [6.45, 7) is 0.759. The van der Waals surface area contributed by atoms with E-state index in [0.717, 1.165) is 34.4 Å². The summed E-state index contributed by atoms with van der Waals surface area (Å²) < 4.78 is 68.7. The summed E-state index contributed by atoms with van der Waals surface area (Å²) in [6.07, 6.45) is -3.24. The van der Waals surface area contributed by atoms with Gasteiger partial charge in [0.1, 0.15) is 5.56 Å². The van der Waals surface area contributed by atoms with Gasteiger partial charge in [-0.2, -0.15) is 22.6 Å². The number of benzene rings is 2. The Labute approximate surface area is 194 Å². The fourth-order valence-electron chi connectivity index (χ4n) is 4.22. The Balaban J connectivity index is 1.32. The van der Waals surface area contributed by atoms with Crippen molar-refractivity contribution >= 4 is 20.8 Å². The summed E-state index contributed by atoms with van der Waals surface area (Å²) in [6, 6.07) is 13.3. The fourth-order valence-corrected chi connectivity index (χ4v) is 5.68. The minimum atomic E-state index is -4.75. The molecule has 1 saturated heterocycles. The van der Waals surface area contributed by atoms with Gasteiger partial charge in [-0.05, 0) is 41.8 Å². The molecule has 0 unspecified atom stereocenters. The van der Waals surface area contributed by atoms with Crippen molar-refractivity contribution in [1.82, 2.24) is 19.0 Å². The lowest BCUT2D eigenvalue weighted by Gasteiger charge is -2.34. The monoisotopic (exact) mass is 492 g/mol. The SMILES string of the molecule is O=c1c(C(F)(F)F)cc(C2CC2)nn1CN1CCN(S(=O)(=O)c2ccc3ccccc3c2)CC1. The van der Waals surface area contributed by atoms with Crippen LogP contribution in [0.4, 0.5) is 13.2 Å². The van der Waals surface area contributed by atoms with Crippen LogP contribution in [0.25, 0.3) is 10.8 Å². The van der Waals surface area contributed by atoms with Gasteiger partial charge in [0.2, 0.25) is 10.0 Å². The van der Waals surface area contributed by atoms with Gasteiger partial charge < -0.3 is 0 Å². The molecule has 180 valence electrons. The Morgan fingerprint density at radius 1 is 0.941 bits per heavy atom. The van der Waals surface area contributed by atoms with Crippen LogP contribution in [0.3, 0.4) is 0 Å². The first-order valence-corrected chi connectivity index (χ1v) is 12.5. The average molecular weight is 493 g/mol. The second kappa shape index (κ2) is 8.47. The Bertz CT molecular complexity index is 1390. The molecule has 0 atom stereocenters. The minimum Gasteiger partial charge on any atom is -0.282 e. The number of alkyl halides is 3. The molecule has 7 nitrogen and oxygen atoms in total. The zero-order chi connectivity index (χ0) is 24.1. The standard InChI is InChI=1S/C23H23F3N4O3S/c24-23(25,26)20-14-21(17-5-6-17)27-30(22(20)31)15-28-9-11-29(12-10-28)34(32,33)19-8-7-16-3-1-2-4-18(16)13-19/h1-4,7-8,13-14,17H,5-6,9-12,15H2. The number of hydrogen-bond donors (Lipinski definition) is 0. The van der Waals surface area contributed by atoms with E-state index in [-0.39, 0.29) is 49.4 Å². The highest BCUT2D eigenvalue weighted by molar-refractivity contribution is 7.89. The molecule has 2 aromatic carbocycles. The van der Waals surface area contributed by atoms with Crippen molar-refractivity contribution in [3.63, 3.8) is 0 Å². The van der Waals surface area contributed by atoms with E-state index in [1.54, 1.807) is 23.1 Å². The summed E-state index contributed by atoms with van der Waals surface area (Å²) in [7, 11) is -3.72. The fraction of sp³-hybridized carbons (Fsp3) is 0.391. The van der Waals surface area contributed by atoms with Gasteiger partial charge in [-0.15, -0.1) is 0 Å². The van der Waals surface area contributed by atoms with Crippen LogP contribution < -0.4 is 5.56 Å². The van der Waals surface area contributed by atoms with Gasteiger partial charge in [0.05, 0.1) is 17.3 Å². The summed E-state index contributed by atoms with van der Waals surface area (Å²) in [5, 5.41) is 5.94. The number of sulfonamides is 1. The third-order valence-corrected chi connectivity index (χ3v) is 8.21. The van der Waals surface area contributed by atoms with Crippen molar-refractivity contribution in [1.29, 1.82) is 0 Å². The normalized spacial score (nSPS) is 18.4. The van der Waals surface area contributed by atoms with Crippen LogP contribution in [0.5, 0.6) is 0 Å². The molecule has 3 aromatic rings. The number of halogens is 3. The average Bonchev–Trinajstić information content (AvgIpc) is 3.65. The van der Waals surface area contributed by atoms with Gasteiger partial charge in [-0.1, -0.05) is 30.3 Å². The molecule has 1 aliphatic carbocycles. The molecule has 0 N–H and O–H groups in total. The Hall–Kier alpha value is -2.76. The third-order valence-electron chi connectivity index (χ3n) is 6.32. The number of nitrogens with zero attached hydrogens (tertiary/aromatic N) is 4. The molecule has 34 heavy (non-hydrogen) atoms. The summed E-state index contributed by atoms with van der Waals surface area (Å²) in [5.74, 6) is -0.0445. The molecule has 2 aliphatic rings. The van der Waals surface area contributed by atoms with Crippen LogP contribution in [-0.2, 0) is 22.9 Å². The molecule has 0 spiro atoms. The molecule has 1 aliphatic heterocycles. The first kappa shape index (κ1) is 23.0. The van der Waals surface area contributed by atoms with Gasteiger partial charge in [-0.25, -0.2) is 13.1 Å². The number of hydrogen-bond acceptors (Lipinski definition) is 5. The Morgan fingerprint density at radius 2 is 1.62 bits per heavy atom. The predicted octanol–water partition coefficient (Wildman–Crippen LogP) is 3.26. The highest BCUT2D eigenvalue weighted by Crippen LogP contribution is 2.40. The quantitative estimate of drug-likeness (QED) is 0.547.